The minimum atomic E-state index is -0.860. The second-order valence-corrected chi connectivity index (χ2v) is 8.53. The number of amides is 1. The van der Waals surface area contributed by atoms with Crippen LogP contribution in [0.15, 0.2) is 42.5 Å². The number of anilines is 2. The number of carbonyl (C=O) groups excluding carboxylic acids is 1. The molecule has 0 spiro atoms. The number of fused-ring (bicyclic) bond motifs is 1. The van der Waals surface area contributed by atoms with Gasteiger partial charge in [0, 0.05) is 30.9 Å². The molecule has 2 aromatic heterocycles. The number of hydrogen-bond donors (Lipinski definition) is 2. The van der Waals surface area contributed by atoms with Gasteiger partial charge in [0.1, 0.15) is 5.75 Å². The third kappa shape index (κ3) is 4.91. The summed E-state index contributed by atoms with van der Waals surface area (Å²) in [5.41, 5.74) is 15.9. The van der Waals surface area contributed by atoms with Crippen molar-refractivity contribution in [2.24, 2.45) is 5.73 Å². The maximum atomic E-state index is 11.5. The van der Waals surface area contributed by atoms with Crippen molar-refractivity contribution in [3.05, 3.63) is 53.6 Å². The summed E-state index contributed by atoms with van der Waals surface area (Å²) >= 11 is 0. The Morgan fingerprint density at radius 1 is 1.08 bits per heavy atom. The molecule has 4 N–H and O–H groups in total. The number of nitrogens with two attached hydrogens (primary N) is 2. The molecular formula is C25H28N8O3. The van der Waals surface area contributed by atoms with Crippen LogP contribution in [0.25, 0.3) is 22.6 Å². The smallest absolute Gasteiger partial charge is 0.409 e. The molecule has 3 heterocycles. The molecule has 0 atom stereocenters. The summed E-state index contributed by atoms with van der Waals surface area (Å²) in [5, 5.41) is 8.62. The quantitative estimate of drug-likeness (QED) is 0.374. The summed E-state index contributed by atoms with van der Waals surface area (Å²) in [6.45, 7) is 5.29. The van der Waals surface area contributed by atoms with Crippen LogP contribution in [0.2, 0.25) is 0 Å². The normalized spacial score (nSPS) is 13.8. The summed E-state index contributed by atoms with van der Waals surface area (Å²) in [4.78, 5) is 23.4. The first-order valence-electron chi connectivity index (χ1n) is 11.9. The minimum Gasteiger partial charge on any atom is -0.410 e. The van der Waals surface area contributed by atoms with Crippen molar-refractivity contribution < 1.29 is 14.3 Å². The molecule has 4 aromatic rings. The second kappa shape index (κ2) is 10.2. The second-order valence-electron chi connectivity index (χ2n) is 8.53. The van der Waals surface area contributed by atoms with Crippen molar-refractivity contribution in [2.75, 3.05) is 36.9 Å². The Kier molecular flexibility index (Phi) is 6.63. The maximum Gasteiger partial charge on any atom is 0.409 e. The predicted molar refractivity (Wildman–Crippen MR) is 136 cm³/mol. The van der Waals surface area contributed by atoms with Crippen LogP contribution in [0.5, 0.6) is 5.75 Å². The Morgan fingerprint density at radius 2 is 1.86 bits per heavy atom. The van der Waals surface area contributed by atoms with Gasteiger partial charge in [-0.1, -0.05) is 17.3 Å². The van der Waals surface area contributed by atoms with E-state index in [0.717, 1.165) is 28.9 Å². The number of nitrogen functional groups attached to an aromatic ring is 1. The number of morpholine rings is 1. The Morgan fingerprint density at radius 3 is 2.58 bits per heavy atom. The Balaban J connectivity index is 1.55. The molecule has 2 aromatic carbocycles. The van der Waals surface area contributed by atoms with Crippen LogP contribution in [-0.4, -0.2) is 57.4 Å². The summed E-state index contributed by atoms with van der Waals surface area (Å²) in [7, 11) is 0. The molecule has 1 aliphatic rings. The first-order chi connectivity index (χ1) is 17.5. The van der Waals surface area contributed by atoms with Crippen molar-refractivity contribution in [1.29, 1.82) is 0 Å². The lowest BCUT2D eigenvalue weighted by molar-refractivity contribution is 0.122. The Hall–Kier alpha value is -4.25. The van der Waals surface area contributed by atoms with Gasteiger partial charge in [-0.05, 0) is 61.2 Å². The average Bonchev–Trinajstić information content (AvgIpc) is 3.32. The molecule has 1 aliphatic heterocycles. The lowest BCUT2D eigenvalue weighted by Gasteiger charge is -2.28. The molecular weight excluding hydrogens is 460 g/mol. The van der Waals surface area contributed by atoms with Gasteiger partial charge in [0.2, 0.25) is 0 Å². The molecule has 1 amide bonds. The highest BCUT2D eigenvalue weighted by molar-refractivity contribution is 5.85. The van der Waals surface area contributed by atoms with Gasteiger partial charge in [-0.15, -0.1) is 5.10 Å². The fraction of sp³-hybridized carbons (Fsp3) is 0.320. The number of benzene rings is 2. The fourth-order valence-corrected chi connectivity index (χ4v) is 4.26. The van der Waals surface area contributed by atoms with E-state index in [-0.39, 0.29) is 0 Å². The predicted octanol–water partition coefficient (Wildman–Crippen LogP) is 2.57. The van der Waals surface area contributed by atoms with E-state index in [0.29, 0.717) is 67.7 Å². The number of aryl methyl sites for hydroxylation is 3. The first-order valence-corrected chi connectivity index (χ1v) is 11.9. The molecule has 11 heteroatoms. The van der Waals surface area contributed by atoms with Crippen LogP contribution >= 0.6 is 0 Å². The SMILES string of the molecule is CCn1nnc2c(N3CCOCC3)nc(-c3ccc(OC(N)=O)c(CCc4ccc(N)cc4)c3)nc21. The third-order valence-corrected chi connectivity index (χ3v) is 6.15. The van der Waals surface area contributed by atoms with Crippen molar-refractivity contribution in [1.82, 2.24) is 25.0 Å². The summed E-state index contributed by atoms with van der Waals surface area (Å²) in [6.07, 6.45) is 0.485. The van der Waals surface area contributed by atoms with Gasteiger partial charge < -0.3 is 25.8 Å². The van der Waals surface area contributed by atoms with Gasteiger partial charge >= 0.3 is 6.09 Å². The van der Waals surface area contributed by atoms with Crippen molar-refractivity contribution in [3.63, 3.8) is 0 Å². The van der Waals surface area contributed by atoms with Gasteiger partial charge in [-0.2, -0.15) is 0 Å². The number of rotatable bonds is 7. The van der Waals surface area contributed by atoms with Gasteiger partial charge in [-0.25, -0.2) is 19.4 Å². The molecule has 5 rings (SSSR count). The zero-order valence-corrected chi connectivity index (χ0v) is 20.1. The third-order valence-electron chi connectivity index (χ3n) is 6.15. The van der Waals surface area contributed by atoms with E-state index in [2.05, 4.69) is 15.2 Å². The molecule has 0 bridgehead atoms. The molecule has 0 radical (unpaired) electrons. The zero-order valence-electron chi connectivity index (χ0n) is 20.1. The topological polar surface area (TPSA) is 147 Å². The number of primary amides is 1. The monoisotopic (exact) mass is 488 g/mol. The van der Waals surface area contributed by atoms with E-state index in [4.69, 9.17) is 30.9 Å². The fourth-order valence-electron chi connectivity index (χ4n) is 4.26. The van der Waals surface area contributed by atoms with Crippen LogP contribution in [0, 0.1) is 0 Å². The highest BCUT2D eigenvalue weighted by Gasteiger charge is 2.22. The number of ether oxygens (including phenoxy) is 2. The van der Waals surface area contributed by atoms with Crippen molar-refractivity contribution >= 4 is 28.8 Å². The number of carbonyl (C=O) groups is 1. The molecule has 0 aliphatic carbocycles. The van der Waals surface area contributed by atoms with Crippen LogP contribution in [0.4, 0.5) is 16.3 Å². The van der Waals surface area contributed by atoms with Crippen LogP contribution in [0.1, 0.15) is 18.1 Å². The van der Waals surface area contributed by atoms with E-state index in [1.54, 1.807) is 10.7 Å². The largest absolute Gasteiger partial charge is 0.410 e. The van der Waals surface area contributed by atoms with E-state index in [1.807, 2.05) is 43.3 Å². The number of aromatic nitrogens is 5. The highest BCUT2D eigenvalue weighted by atomic mass is 16.5. The van der Waals surface area contributed by atoms with E-state index in [9.17, 15) is 4.79 Å². The molecule has 36 heavy (non-hydrogen) atoms. The standard InChI is InChI=1S/C25H28N8O3/c1-2-33-24-21(30-31-33)23(32-11-13-35-14-12-32)28-22(29-24)18-7-10-20(36-25(27)34)17(15-18)6-3-16-4-8-19(26)9-5-16/h4-5,7-10,15H,2-3,6,11-14,26H2,1H3,(H2,27,34). The van der Waals surface area contributed by atoms with Gasteiger partial charge in [0.25, 0.3) is 0 Å². The van der Waals surface area contributed by atoms with Gasteiger partial charge in [-0.3, -0.25) is 0 Å². The molecule has 11 nitrogen and oxygen atoms in total. The van der Waals surface area contributed by atoms with E-state index >= 15 is 0 Å². The van der Waals surface area contributed by atoms with Crippen molar-refractivity contribution in [2.45, 2.75) is 26.3 Å². The summed E-state index contributed by atoms with van der Waals surface area (Å²) < 4.78 is 12.6. The number of nitrogens with zero attached hydrogens (tertiary/aromatic N) is 6. The lowest BCUT2D eigenvalue weighted by atomic mass is 10.0. The average molecular weight is 489 g/mol. The van der Waals surface area contributed by atoms with Crippen molar-refractivity contribution in [3.8, 4) is 17.1 Å². The van der Waals surface area contributed by atoms with Crippen LogP contribution in [0.3, 0.4) is 0 Å². The van der Waals surface area contributed by atoms with Crippen LogP contribution in [-0.2, 0) is 24.1 Å². The molecule has 186 valence electrons. The molecule has 0 unspecified atom stereocenters. The zero-order chi connectivity index (χ0) is 25.1. The van der Waals surface area contributed by atoms with E-state index in [1.165, 1.54) is 0 Å². The maximum absolute atomic E-state index is 11.5. The van der Waals surface area contributed by atoms with Gasteiger partial charge in [0.15, 0.2) is 22.8 Å². The number of hydrogen-bond acceptors (Lipinski definition) is 9. The first kappa shape index (κ1) is 23.5. The minimum absolute atomic E-state index is 0.413. The molecule has 1 fully saturated rings. The Bertz CT molecular complexity index is 1380. The van der Waals surface area contributed by atoms with Crippen LogP contribution < -0.4 is 21.1 Å². The molecule has 0 saturated carbocycles. The molecule has 1 saturated heterocycles. The summed E-state index contributed by atoms with van der Waals surface area (Å²) in [5.74, 6) is 1.69. The highest BCUT2D eigenvalue weighted by Crippen LogP contribution is 2.30. The van der Waals surface area contributed by atoms with Gasteiger partial charge in [0.05, 0.1) is 13.2 Å². The lowest BCUT2D eigenvalue weighted by Crippen LogP contribution is -2.37. The Labute approximate surface area is 208 Å². The summed E-state index contributed by atoms with van der Waals surface area (Å²) in [6, 6.07) is 13.2. The van der Waals surface area contributed by atoms with E-state index < -0.39 is 6.09 Å².